The van der Waals surface area contributed by atoms with Crippen LogP contribution in [0.15, 0.2) is 35.5 Å². The van der Waals surface area contributed by atoms with Gasteiger partial charge in [-0.05, 0) is 45.1 Å². The molecule has 1 fully saturated rings. The number of hydrogen-bond donors (Lipinski definition) is 1. The second-order valence-corrected chi connectivity index (χ2v) is 8.46. The lowest BCUT2D eigenvalue weighted by Crippen LogP contribution is -2.46. The van der Waals surface area contributed by atoms with Crippen molar-refractivity contribution in [2.75, 3.05) is 6.54 Å². The van der Waals surface area contributed by atoms with Crippen LogP contribution in [0.4, 0.5) is 0 Å². The van der Waals surface area contributed by atoms with Crippen molar-refractivity contribution in [1.29, 1.82) is 0 Å². The lowest BCUT2D eigenvalue weighted by atomic mass is 10.00. The zero-order valence-corrected chi connectivity index (χ0v) is 16.8. The molecule has 1 N–H and O–H groups in total. The van der Waals surface area contributed by atoms with E-state index in [-0.39, 0.29) is 11.2 Å². The summed E-state index contributed by atoms with van der Waals surface area (Å²) in [7, 11) is 0. The zero-order valence-electron chi connectivity index (χ0n) is 16.0. The molecule has 0 aliphatic carbocycles. The van der Waals surface area contributed by atoms with Gasteiger partial charge >= 0.3 is 0 Å². The molecule has 1 saturated heterocycles. The Balaban J connectivity index is 1.65. The number of rotatable bonds is 6. The summed E-state index contributed by atoms with van der Waals surface area (Å²) >= 11 is 1.55. The molecule has 0 spiro atoms. The highest BCUT2D eigenvalue weighted by molar-refractivity contribution is 8.00. The molecule has 0 saturated carbocycles. The van der Waals surface area contributed by atoms with E-state index < -0.39 is 0 Å². The number of thioether (sulfide) groups is 1. The fourth-order valence-corrected chi connectivity index (χ4v) is 4.60. The molecule has 1 amide bonds. The number of carbonyl (C=O) groups is 1. The third-order valence-corrected chi connectivity index (χ3v) is 6.17. The molecule has 0 radical (unpaired) electrons. The highest BCUT2D eigenvalue weighted by Crippen LogP contribution is 2.27. The summed E-state index contributed by atoms with van der Waals surface area (Å²) < 4.78 is 0. The van der Waals surface area contributed by atoms with E-state index in [1.165, 1.54) is 12.0 Å². The van der Waals surface area contributed by atoms with Crippen LogP contribution in [-0.4, -0.2) is 38.6 Å². The molecule has 0 bridgehead atoms. The first kappa shape index (κ1) is 19.0. The van der Waals surface area contributed by atoms with Crippen molar-refractivity contribution < 1.29 is 4.79 Å². The van der Waals surface area contributed by atoms with Gasteiger partial charge in [0.15, 0.2) is 5.16 Å². The smallest absolute Gasteiger partial charge is 0.236 e. The second-order valence-electron chi connectivity index (χ2n) is 7.13. The average molecular weight is 372 g/mol. The van der Waals surface area contributed by atoms with Gasteiger partial charge in [0.25, 0.3) is 0 Å². The van der Waals surface area contributed by atoms with Crippen molar-refractivity contribution >= 4 is 17.7 Å². The van der Waals surface area contributed by atoms with E-state index in [1.54, 1.807) is 11.8 Å². The monoisotopic (exact) mass is 371 g/mol. The number of imidazole rings is 1. The van der Waals surface area contributed by atoms with Crippen LogP contribution in [0.3, 0.4) is 0 Å². The molecule has 1 aliphatic heterocycles. The Hall–Kier alpha value is -1.75. The number of nitrogens with one attached hydrogen (secondary N) is 1. The maximum atomic E-state index is 12.9. The Morgan fingerprint density at radius 1 is 1.35 bits per heavy atom. The molecule has 140 valence electrons. The predicted molar refractivity (Wildman–Crippen MR) is 108 cm³/mol. The van der Waals surface area contributed by atoms with E-state index in [9.17, 15) is 4.79 Å². The average Bonchev–Trinajstić information content (AvgIpc) is 3.00. The Labute approximate surface area is 160 Å². The minimum Gasteiger partial charge on any atom is -0.339 e. The third-order valence-electron chi connectivity index (χ3n) is 5.20. The Kier molecular flexibility index (Phi) is 6.41. The largest absolute Gasteiger partial charge is 0.339 e. The zero-order chi connectivity index (χ0) is 18.5. The van der Waals surface area contributed by atoms with Gasteiger partial charge in [0.1, 0.15) is 0 Å². The van der Waals surface area contributed by atoms with Crippen LogP contribution in [-0.2, 0) is 11.2 Å². The number of aryl methyl sites for hydroxylation is 1. The van der Waals surface area contributed by atoms with E-state index in [0.717, 1.165) is 48.8 Å². The molecule has 1 aromatic heterocycles. The van der Waals surface area contributed by atoms with Gasteiger partial charge in [-0.2, -0.15) is 0 Å². The van der Waals surface area contributed by atoms with E-state index in [1.807, 2.05) is 13.0 Å². The summed E-state index contributed by atoms with van der Waals surface area (Å²) in [4.78, 5) is 23.1. The van der Waals surface area contributed by atoms with Crippen LogP contribution in [0, 0.1) is 6.92 Å². The summed E-state index contributed by atoms with van der Waals surface area (Å²) in [5.74, 6) is 0.250. The Bertz CT molecular complexity index is 728. The van der Waals surface area contributed by atoms with Crippen LogP contribution in [0.5, 0.6) is 0 Å². The minimum atomic E-state index is -0.114. The molecule has 26 heavy (non-hydrogen) atoms. The fraction of sp³-hybridized carbons (Fsp3) is 0.524. The molecule has 2 atom stereocenters. The maximum absolute atomic E-state index is 12.9. The molecule has 1 aliphatic rings. The number of piperidine rings is 1. The molecule has 1 aromatic carbocycles. The van der Waals surface area contributed by atoms with Crippen molar-refractivity contribution in [3.05, 3.63) is 47.3 Å². The van der Waals surface area contributed by atoms with Crippen molar-refractivity contribution in [1.82, 2.24) is 14.9 Å². The maximum Gasteiger partial charge on any atom is 0.236 e. The first-order valence-electron chi connectivity index (χ1n) is 9.65. The summed E-state index contributed by atoms with van der Waals surface area (Å²) in [5, 5.41) is 0.733. The number of nitrogens with zero attached hydrogens (tertiary/aromatic N) is 2. The van der Waals surface area contributed by atoms with Crippen molar-refractivity contribution in [3.8, 4) is 0 Å². The molecular formula is C21H29N3OS. The predicted octanol–water partition coefficient (Wildman–Crippen LogP) is 4.58. The number of aromatic nitrogens is 2. The molecule has 2 aromatic rings. The topological polar surface area (TPSA) is 49.0 Å². The highest BCUT2D eigenvalue weighted by Gasteiger charge is 2.29. The number of benzene rings is 1. The van der Waals surface area contributed by atoms with Gasteiger partial charge in [0, 0.05) is 24.7 Å². The summed E-state index contributed by atoms with van der Waals surface area (Å²) in [6.45, 7) is 7.14. The van der Waals surface area contributed by atoms with Gasteiger partial charge in [-0.15, -0.1) is 0 Å². The molecular weight excluding hydrogens is 342 g/mol. The van der Waals surface area contributed by atoms with Gasteiger partial charge in [0.2, 0.25) is 5.91 Å². The fourth-order valence-electron chi connectivity index (χ4n) is 3.65. The molecule has 4 nitrogen and oxygen atoms in total. The van der Waals surface area contributed by atoms with Crippen molar-refractivity contribution in [2.24, 2.45) is 0 Å². The van der Waals surface area contributed by atoms with E-state index in [0.29, 0.717) is 6.04 Å². The summed E-state index contributed by atoms with van der Waals surface area (Å²) in [5.41, 5.74) is 3.39. The standard InChI is InChI=1S/C21H29N3OS/c1-4-18-12-8-9-13-24(18)20(25)16(3)26-21-22-15(2)19(23-21)14-17-10-6-5-7-11-17/h5-7,10-11,16,18H,4,8-9,12-14H2,1-3H3,(H,22,23). The first-order chi connectivity index (χ1) is 12.6. The van der Waals surface area contributed by atoms with Gasteiger partial charge in [-0.25, -0.2) is 4.98 Å². The summed E-state index contributed by atoms with van der Waals surface area (Å²) in [6, 6.07) is 10.8. The minimum absolute atomic E-state index is 0.114. The van der Waals surface area contributed by atoms with Gasteiger partial charge in [0.05, 0.1) is 10.9 Å². The van der Waals surface area contributed by atoms with Gasteiger partial charge in [-0.1, -0.05) is 49.0 Å². The van der Waals surface area contributed by atoms with Gasteiger partial charge in [-0.3, -0.25) is 4.79 Å². The molecule has 2 heterocycles. The SMILES string of the molecule is CCC1CCCCN1C(=O)C(C)Sc1nc(Cc2ccccc2)c(C)[nH]1. The number of H-pyrrole nitrogens is 1. The number of aromatic amines is 1. The second kappa shape index (κ2) is 8.76. The lowest BCUT2D eigenvalue weighted by Gasteiger charge is -2.36. The third kappa shape index (κ3) is 4.50. The number of amides is 1. The number of likely N-dealkylation sites (tertiary alicyclic amines) is 1. The summed E-state index contributed by atoms with van der Waals surface area (Å²) in [6.07, 6.45) is 5.37. The molecule has 5 heteroatoms. The normalized spacial score (nSPS) is 18.7. The first-order valence-corrected chi connectivity index (χ1v) is 10.5. The van der Waals surface area contributed by atoms with Crippen molar-refractivity contribution in [3.63, 3.8) is 0 Å². The highest BCUT2D eigenvalue weighted by atomic mass is 32.2. The lowest BCUT2D eigenvalue weighted by molar-refractivity contribution is -0.134. The van der Waals surface area contributed by atoms with Crippen molar-refractivity contribution in [2.45, 2.75) is 69.3 Å². The Morgan fingerprint density at radius 3 is 2.85 bits per heavy atom. The van der Waals surface area contributed by atoms with E-state index in [2.05, 4.69) is 48.0 Å². The van der Waals surface area contributed by atoms with E-state index in [4.69, 9.17) is 4.98 Å². The van der Waals surface area contributed by atoms with Crippen LogP contribution >= 0.6 is 11.8 Å². The quantitative estimate of drug-likeness (QED) is 0.756. The Morgan fingerprint density at radius 2 is 2.12 bits per heavy atom. The van der Waals surface area contributed by atoms with Crippen LogP contribution < -0.4 is 0 Å². The van der Waals surface area contributed by atoms with E-state index >= 15 is 0 Å². The van der Waals surface area contributed by atoms with Crippen LogP contribution in [0.2, 0.25) is 0 Å². The van der Waals surface area contributed by atoms with Crippen LogP contribution in [0.1, 0.15) is 56.5 Å². The molecule has 2 unspecified atom stereocenters. The number of carbonyl (C=O) groups excluding carboxylic acids is 1. The molecule has 3 rings (SSSR count). The van der Waals surface area contributed by atoms with Gasteiger partial charge < -0.3 is 9.88 Å². The number of hydrogen-bond acceptors (Lipinski definition) is 3. The van der Waals surface area contributed by atoms with Crippen LogP contribution in [0.25, 0.3) is 0 Å².